The van der Waals surface area contributed by atoms with Crippen LogP contribution in [0.2, 0.25) is 0 Å². The number of hydrogen-bond donors (Lipinski definition) is 0. The number of nitrogens with zero attached hydrogens (tertiary/aromatic N) is 6. The Morgan fingerprint density at radius 3 is 1.23 bits per heavy atom. The SMILES string of the molecule is Cc1nc(Oc2ccccc2)c2nc(C)n(CCC(=CCOCC=C(CCn3c(C)nc4c(Oc5ccccc5)nc(C)c(C)c43)c3ccccc3)c3ccccc3)c2c1C.[H-].[Na+]. The van der Waals surface area contributed by atoms with E-state index >= 15 is 0 Å². The first-order valence-electron chi connectivity index (χ1n) is 21.0. The summed E-state index contributed by atoms with van der Waals surface area (Å²) in [4.78, 5) is 19.6. The van der Waals surface area contributed by atoms with Crippen molar-refractivity contribution in [3.8, 4) is 23.3 Å². The molecule has 8 rings (SSSR count). The van der Waals surface area contributed by atoms with Crippen LogP contribution in [0.1, 0.15) is 59.6 Å². The fraction of sp³-hybridized carbons (Fsp3) is 0.231. The average molecular weight is 833 g/mol. The van der Waals surface area contributed by atoms with Crippen LogP contribution in [0.15, 0.2) is 133 Å². The quantitative estimate of drug-likeness (QED) is 0.0709. The normalized spacial score (nSPS) is 11.9. The van der Waals surface area contributed by atoms with E-state index in [1.165, 1.54) is 22.3 Å². The summed E-state index contributed by atoms with van der Waals surface area (Å²) in [5, 5.41) is 0. The third-order valence-electron chi connectivity index (χ3n) is 11.4. The van der Waals surface area contributed by atoms with Gasteiger partial charge in [-0.25, -0.2) is 19.9 Å². The molecule has 62 heavy (non-hydrogen) atoms. The Labute approximate surface area is 387 Å². The predicted octanol–water partition coefficient (Wildman–Crippen LogP) is 9.39. The number of fused-ring (bicyclic) bond motifs is 2. The molecule has 10 heteroatoms. The summed E-state index contributed by atoms with van der Waals surface area (Å²) >= 11 is 0. The number of aromatic nitrogens is 6. The van der Waals surface area contributed by atoms with E-state index in [4.69, 9.17) is 34.1 Å². The standard InChI is InChI=1S/C52H52N6O3.Na.H/c1-35-37(3)53-51(60-45-23-15-9-16-24-45)47-49(35)57(39(5)55-47)31-27-43(41-19-11-7-12-20-41)29-33-59-34-30-44(42-21-13-8-14-22-42)28-32-58-40(6)56-48-50(58)36(2)38(4)54-52(48)61-46-25-17-10-18-26-46;;/h7-26,29-30H,27-28,31-34H2,1-6H3;;/q;+1;-1. The van der Waals surface area contributed by atoms with Gasteiger partial charge in [-0.3, -0.25) is 0 Å². The van der Waals surface area contributed by atoms with Crippen LogP contribution in [0.5, 0.6) is 23.3 Å². The zero-order chi connectivity index (χ0) is 42.3. The molecule has 0 bridgehead atoms. The van der Waals surface area contributed by atoms with Gasteiger partial charge in [-0.2, -0.15) is 0 Å². The molecule has 4 heterocycles. The Morgan fingerprint density at radius 2 is 0.855 bits per heavy atom. The van der Waals surface area contributed by atoms with Crippen LogP contribution in [0, 0.1) is 41.5 Å². The molecule has 0 N–H and O–H groups in total. The Hall–Kier alpha value is -5.84. The summed E-state index contributed by atoms with van der Waals surface area (Å²) in [6.45, 7) is 14.8. The van der Waals surface area contributed by atoms with Crippen molar-refractivity contribution < 1.29 is 45.2 Å². The third kappa shape index (κ3) is 9.93. The molecule has 0 unspecified atom stereocenters. The van der Waals surface area contributed by atoms with Crippen molar-refractivity contribution in [1.29, 1.82) is 0 Å². The molecule has 0 spiro atoms. The van der Waals surface area contributed by atoms with Crippen LogP contribution in [-0.2, 0) is 17.8 Å². The molecule has 0 amide bonds. The van der Waals surface area contributed by atoms with Gasteiger partial charge in [-0.15, -0.1) is 0 Å². The Bertz CT molecular complexity index is 2650. The van der Waals surface area contributed by atoms with E-state index in [9.17, 15) is 0 Å². The minimum absolute atomic E-state index is 0. The van der Waals surface area contributed by atoms with Crippen LogP contribution < -0.4 is 39.0 Å². The van der Waals surface area contributed by atoms with E-state index in [0.29, 0.717) is 25.0 Å². The fourth-order valence-corrected chi connectivity index (χ4v) is 7.88. The van der Waals surface area contributed by atoms with Crippen LogP contribution in [0.3, 0.4) is 0 Å². The van der Waals surface area contributed by atoms with Crippen molar-refractivity contribution in [3.05, 3.63) is 179 Å². The molecule has 0 saturated carbocycles. The predicted molar refractivity (Wildman–Crippen MR) is 247 cm³/mol. The van der Waals surface area contributed by atoms with Crippen LogP contribution >= 0.6 is 0 Å². The van der Waals surface area contributed by atoms with Crippen molar-refractivity contribution in [2.75, 3.05) is 13.2 Å². The third-order valence-corrected chi connectivity index (χ3v) is 11.4. The molecular formula is C52H53N6NaO3. The van der Waals surface area contributed by atoms with Gasteiger partial charge in [0.1, 0.15) is 23.1 Å². The van der Waals surface area contributed by atoms with Crippen molar-refractivity contribution in [2.24, 2.45) is 0 Å². The Balaban J connectivity index is 0.00000330. The van der Waals surface area contributed by atoms with E-state index in [0.717, 1.165) is 93.7 Å². The maximum Gasteiger partial charge on any atom is 1.00 e. The summed E-state index contributed by atoms with van der Waals surface area (Å²) < 4.78 is 23.5. The monoisotopic (exact) mass is 832 g/mol. The number of pyridine rings is 2. The zero-order valence-electron chi connectivity index (χ0n) is 37.9. The molecule has 0 aliphatic heterocycles. The number of imidazole rings is 2. The van der Waals surface area contributed by atoms with Gasteiger partial charge in [-0.05, 0) is 112 Å². The number of rotatable bonds is 16. The Kier molecular flexibility index (Phi) is 14.5. The summed E-state index contributed by atoms with van der Waals surface area (Å²) in [5.41, 5.74) is 12.5. The van der Waals surface area contributed by atoms with Crippen LogP contribution in [-0.4, -0.2) is 42.3 Å². The second-order valence-corrected chi connectivity index (χ2v) is 15.3. The number of aryl methyl sites for hydroxylation is 8. The first-order chi connectivity index (χ1) is 29.7. The zero-order valence-corrected chi connectivity index (χ0v) is 38.9. The maximum atomic E-state index is 6.37. The molecule has 0 aliphatic carbocycles. The van der Waals surface area contributed by atoms with E-state index < -0.39 is 0 Å². The van der Waals surface area contributed by atoms with Crippen LogP contribution in [0.4, 0.5) is 0 Å². The summed E-state index contributed by atoms with van der Waals surface area (Å²) in [5.74, 6) is 4.38. The minimum Gasteiger partial charge on any atom is -1.00 e. The van der Waals surface area contributed by atoms with Gasteiger partial charge in [0.15, 0.2) is 11.0 Å². The molecule has 0 aliphatic rings. The van der Waals surface area contributed by atoms with Crippen molar-refractivity contribution >= 4 is 33.2 Å². The van der Waals surface area contributed by atoms with E-state index in [-0.39, 0.29) is 31.0 Å². The molecule has 4 aromatic carbocycles. The van der Waals surface area contributed by atoms with Gasteiger partial charge >= 0.3 is 29.6 Å². The maximum absolute atomic E-state index is 6.37. The van der Waals surface area contributed by atoms with Gasteiger partial charge in [0.2, 0.25) is 11.8 Å². The van der Waals surface area contributed by atoms with Gasteiger partial charge in [0.25, 0.3) is 0 Å². The first-order valence-corrected chi connectivity index (χ1v) is 21.0. The number of benzene rings is 4. The molecule has 8 aromatic rings. The molecule has 9 nitrogen and oxygen atoms in total. The first kappa shape index (κ1) is 44.2. The topological polar surface area (TPSA) is 89.1 Å². The molecular weight excluding hydrogens is 780 g/mol. The van der Waals surface area contributed by atoms with Crippen molar-refractivity contribution in [2.45, 2.75) is 67.5 Å². The number of para-hydroxylation sites is 2. The van der Waals surface area contributed by atoms with Crippen LogP contribution in [0.25, 0.3) is 33.2 Å². The molecule has 0 atom stereocenters. The second kappa shape index (κ2) is 20.4. The number of allylic oxidation sites excluding steroid dienone is 2. The largest absolute Gasteiger partial charge is 1.00 e. The van der Waals surface area contributed by atoms with Gasteiger partial charge in [0.05, 0.1) is 24.2 Å². The van der Waals surface area contributed by atoms with Gasteiger partial charge in [0, 0.05) is 24.5 Å². The van der Waals surface area contributed by atoms with E-state index in [2.05, 4.69) is 110 Å². The molecule has 310 valence electrons. The molecule has 0 radical (unpaired) electrons. The van der Waals surface area contributed by atoms with Gasteiger partial charge < -0.3 is 24.8 Å². The molecule has 0 saturated heterocycles. The minimum atomic E-state index is 0. The Morgan fingerprint density at radius 1 is 0.500 bits per heavy atom. The molecule has 4 aromatic heterocycles. The second-order valence-electron chi connectivity index (χ2n) is 15.3. The van der Waals surface area contributed by atoms with E-state index in [1.807, 2.05) is 74.5 Å². The number of ether oxygens (including phenoxy) is 3. The average Bonchev–Trinajstić information content (AvgIpc) is 3.80. The summed E-state index contributed by atoms with van der Waals surface area (Å²) in [7, 11) is 0. The van der Waals surface area contributed by atoms with E-state index in [1.54, 1.807) is 0 Å². The number of hydrogen-bond acceptors (Lipinski definition) is 7. The fourth-order valence-electron chi connectivity index (χ4n) is 7.88. The summed E-state index contributed by atoms with van der Waals surface area (Å²) in [6, 6.07) is 40.7. The summed E-state index contributed by atoms with van der Waals surface area (Å²) in [6.07, 6.45) is 6.04. The van der Waals surface area contributed by atoms with Gasteiger partial charge in [-0.1, -0.05) is 109 Å². The van der Waals surface area contributed by atoms with Crippen molar-refractivity contribution in [1.82, 2.24) is 29.1 Å². The smallest absolute Gasteiger partial charge is 1.00 e. The molecule has 0 fully saturated rings. The van der Waals surface area contributed by atoms with Crippen molar-refractivity contribution in [3.63, 3.8) is 0 Å².